The van der Waals surface area contributed by atoms with Crippen LogP contribution >= 0.6 is 24.0 Å². The molecule has 1 unspecified atom stereocenters. The monoisotopic (exact) mass is 395 g/mol. The molecule has 136 valence electrons. The van der Waals surface area contributed by atoms with E-state index in [4.69, 9.17) is 11.6 Å². The number of non-ortho nitro benzene ring substituents is 1. The Balaban J connectivity index is 0.00000243. The topological polar surface area (TPSA) is 109 Å². The third-order valence-corrected chi connectivity index (χ3v) is 4.18. The number of aromatic nitrogens is 2. The molecule has 3 aromatic rings. The zero-order valence-corrected chi connectivity index (χ0v) is 15.0. The Hall–Kier alpha value is -2.64. The molecule has 26 heavy (non-hydrogen) atoms. The fourth-order valence-electron chi connectivity index (χ4n) is 2.75. The Kier molecular flexibility index (Phi) is 6.18. The predicted molar refractivity (Wildman–Crippen MR) is 100 cm³/mol. The molecule has 0 aliphatic heterocycles. The van der Waals surface area contributed by atoms with Gasteiger partial charge in [-0.1, -0.05) is 23.7 Å². The second-order valence-electron chi connectivity index (χ2n) is 5.69. The lowest BCUT2D eigenvalue weighted by Gasteiger charge is -2.14. The van der Waals surface area contributed by atoms with Crippen LogP contribution in [0.1, 0.15) is 23.7 Å². The van der Waals surface area contributed by atoms with Crippen molar-refractivity contribution in [2.45, 2.75) is 18.8 Å². The molecule has 0 radical (unpaired) electrons. The summed E-state index contributed by atoms with van der Waals surface area (Å²) in [5.74, 6) is -0.617. The van der Waals surface area contributed by atoms with Crippen LogP contribution in [0.5, 0.6) is 0 Å². The second-order valence-corrected chi connectivity index (χ2v) is 6.13. The highest BCUT2D eigenvalue weighted by Gasteiger charge is 2.19. The molecule has 2 N–H and O–H groups in total. The highest BCUT2D eigenvalue weighted by Crippen LogP contribution is 2.27. The highest BCUT2D eigenvalue weighted by atomic mass is 35.5. The lowest BCUT2D eigenvalue weighted by molar-refractivity contribution is -0.384. The van der Waals surface area contributed by atoms with Gasteiger partial charge in [-0.15, -0.1) is 12.4 Å². The van der Waals surface area contributed by atoms with Crippen LogP contribution in [0.15, 0.2) is 42.5 Å². The minimum Gasteiger partial charge on any atom is -0.481 e. The van der Waals surface area contributed by atoms with Gasteiger partial charge in [-0.3, -0.25) is 14.9 Å². The summed E-state index contributed by atoms with van der Waals surface area (Å²) in [4.78, 5) is 29.0. The SMILES string of the molecule is Cl.O=C(O)CC(Cc1nc2ccc([N+](=O)[O-])cc2[nH]1)c1ccc(Cl)cc1. The van der Waals surface area contributed by atoms with Gasteiger partial charge in [0.05, 0.1) is 22.4 Å². The maximum Gasteiger partial charge on any atom is 0.303 e. The third kappa shape index (κ3) is 4.50. The van der Waals surface area contributed by atoms with Crippen LogP contribution in [0, 0.1) is 10.1 Å². The number of halogens is 2. The number of imidazole rings is 1. The van der Waals surface area contributed by atoms with Crippen LogP contribution in [-0.4, -0.2) is 26.0 Å². The van der Waals surface area contributed by atoms with E-state index in [9.17, 15) is 20.0 Å². The Morgan fingerprint density at radius 2 is 1.96 bits per heavy atom. The molecule has 0 amide bonds. The van der Waals surface area contributed by atoms with Crippen molar-refractivity contribution in [1.82, 2.24) is 9.97 Å². The summed E-state index contributed by atoms with van der Waals surface area (Å²) in [5.41, 5.74) is 1.97. The number of nitrogens with zero attached hydrogens (tertiary/aromatic N) is 2. The summed E-state index contributed by atoms with van der Waals surface area (Å²) in [6, 6.07) is 11.4. The number of nitro benzene ring substituents is 1. The minimum absolute atomic E-state index is 0. The first kappa shape index (κ1) is 19.7. The molecular formula is C17H15Cl2N3O4. The Labute approximate surface area is 159 Å². The molecule has 0 bridgehead atoms. The van der Waals surface area contributed by atoms with E-state index in [0.717, 1.165) is 5.56 Å². The van der Waals surface area contributed by atoms with Crippen LogP contribution < -0.4 is 0 Å². The number of carboxylic acid groups (broad SMARTS) is 1. The number of fused-ring (bicyclic) bond motifs is 1. The molecule has 0 saturated heterocycles. The molecule has 0 spiro atoms. The summed E-state index contributed by atoms with van der Waals surface area (Å²) >= 11 is 5.89. The first-order chi connectivity index (χ1) is 11.9. The molecule has 0 aliphatic carbocycles. The van der Waals surface area contributed by atoms with Gasteiger partial charge in [0.15, 0.2) is 0 Å². The zero-order valence-electron chi connectivity index (χ0n) is 13.4. The number of carbonyl (C=O) groups is 1. The smallest absolute Gasteiger partial charge is 0.303 e. The van der Waals surface area contributed by atoms with E-state index in [-0.39, 0.29) is 30.4 Å². The zero-order chi connectivity index (χ0) is 18.0. The predicted octanol–water partition coefficient (Wildman–Crippen LogP) is 4.35. The molecular weight excluding hydrogens is 381 g/mol. The Morgan fingerprint density at radius 3 is 2.58 bits per heavy atom. The van der Waals surface area contributed by atoms with E-state index >= 15 is 0 Å². The molecule has 0 aliphatic rings. The van der Waals surface area contributed by atoms with Crippen LogP contribution in [0.25, 0.3) is 11.0 Å². The molecule has 7 nitrogen and oxygen atoms in total. The van der Waals surface area contributed by atoms with E-state index in [0.29, 0.717) is 28.3 Å². The highest BCUT2D eigenvalue weighted by molar-refractivity contribution is 6.30. The summed E-state index contributed by atoms with van der Waals surface area (Å²) in [7, 11) is 0. The standard InChI is InChI=1S/C17H14ClN3O4.ClH/c18-12-3-1-10(2-4-12)11(8-17(22)23)7-16-19-14-6-5-13(21(24)25)9-15(14)20-16;/h1-6,9,11H,7-8H2,(H,19,20)(H,22,23);1H. The van der Waals surface area contributed by atoms with Gasteiger partial charge < -0.3 is 10.1 Å². The number of nitro groups is 1. The Bertz CT molecular complexity index is 941. The Morgan fingerprint density at radius 1 is 1.27 bits per heavy atom. The fraction of sp³-hybridized carbons (Fsp3) is 0.176. The van der Waals surface area contributed by atoms with Crippen molar-refractivity contribution in [1.29, 1.82) is 0 Å². The van der Waals surface area contributed by atoms with Crippen molar-refractivity contribution in [3.63, 3.8) is 0 Å². The molecule has 1 aromatic heterocycles. The normalized spacial score (nSPS) is 11.7. The summed E-state index contributed by atoms with van der Waals surface area (Å²) in [6.07, 6.45) is 0.315. The number of rotatable bonds is 6. The number of benzene rings is 2. The second kappa shape index (κ2) is 8.16. The van der Waals surface area contributed by atoms with Crippen LogP contribution in [-0.2, 0) is 11.2 Å². The molecule has 9 heteroatoms. The average molecular weight is 396 g/mol. The van der Waals surface area contributed by atoms with Crippen molar-refractivity contribution < 1.29 is 14.8 Å². The molecule has 0 fully saturated rings. The first-order valence-electron chi connectivity index (χ1n) is 7.52. The lowest BCUT2D eigenvalue weighted by atomic mass is 9.92. The third-order valence-electron chi connectivity index (χ3n) is 3.93. The number of H-pyrrole nitrogens is 1. The van der Waals surface area contributed by atoms with Gasteiger partial charge >= 0.3 is 5.97 Å². The van der Waals surface area contributed by atoms with Crippen LogP contribution in [0.3, 0.4) is 0 Å². The molecule has 3 rings (SSSR count). The van der Waals surface area contributed by atoms with E-state index < -0.39 is 10.9 Å². The van der Waals surface area contributed by atoms with Gasteiger partial charge in [-0.05, 0) is 23.8 Å². The summed E-state index contributed by atoms with van der Waals surface area (Å²) in [5, 5.41) is 20.6. The van der Waals surface area contributed by atoms with Crippen molar-refractivity contribution in [2.75, 3.05) is 0 Å². The van der Waals surface area contributed by atoms with E-state index in [1.807, 2.05) is 0 Å². The number of hydrogen-bond acceptors (Lipinski definition) is 4. The van der Waals surface area contributed by atoms with Crippen molar-refractivity contribution in [3.05, 3.63) is 69.0 Å². The summed E-state index contributed by atoms with van der Waals surface area (Å²) in [6.45, 7) is 0. The van der Waals surface area contributed by atoms with Crippen LogP contribution in [0.4, 0.5) is 5.69 Å². The number of nitrogens with one attached hydrogen (secondary N) is 1. The maximum atomic E-state index is 11.2. The molecule has 2 aromatic carbocycles. The van der Waals surface area contributed by atoms with Gasteiger partial charge in [0, 0.05) is 29.5 Å². The number of hydrogen-bond donors (Lipinski definition) is 2. The van der Waals surface area contributed by atoms with E-state index in [1.165, 1.54) is 12.1 Å². The van der Waals surface area contributed by atoms with Gasteiger partial charge in [0.25, 0.3) is 5.69 Å². The molecule has 1 heterocycles. The number of aromatic amines is 1. The largest absolute Gasteiger partial charge is 0.481 e. The quantitative estimate of drug-likeness (QED) is 0.476. The van der Waals surface area contributed by atoms with Gasteiger partial charge in [0.2, 0.25) is 0 Å². The number of aliphatic carboxylic acids is 1. The van der Waals surface area contributed by atoms with Gasteiger partial charge in [-0.25, -0.2) is 4.98 Å². The lowest BCUT2D eigenvalue weighted by Crippen LogP contribution is -2.10. The van der Waals surface area contributed by atoms with Gasteiger partial charge in [0.1, 0.15) is 5.82 Å². The first-order valence-corrected chi connectivity index (χ1v) is 7.90. The van der Waals surface area contributed by atoms with Crippen molar-refractivity contribution >= 4 is 46.7 Å². The van der Waals surface area contributed by atoms with Crippen molar-refractivity contribution in [2.24, 2.45) is 0 Å². The van der Waals surface area contributed by atoms with E-state index in [1.54, 1.807) is 30.3 Å². The maximum absolute atomic E-state index is 11.2. The molecule has 0 saturated carbocycles. The number of carboxylic acids is 1. The molecule has 1 atom stereocenters. The minimum atomic E-state index is -0.910. The van der Waals surface area contributed by atoms with E-state index in [2.05, 4.69) is 9.97 Å². The average Bonchev–Trinajstić information content (AvgIpc) is 2.95. The van der Waals surface area contributed by atoms with Crippen LogP contribution in [0.2, 0.25) is 5.02 Å². The fourth-order valence-corrected chi connectivity index (χ4v) is 2.87. The van der Waals surface area contributed by atoms with Crippen molar-refractivity contribution in [3.8, 4) is 0 Å². The summed E-state index contributed by atoms with van der Waals surface area (Å²) < 4.78 is 0. The van der Waals surface area contributed by atoms with Gasteiger partial charge in [-0.2, -0.15) is 0 Å².